The van der Waals surface area contributed by atoms with E-state index in [0.29, 0.717) is 13.0 Å². The number of carbonyl (C=O) groups is 1. The Morgan fingerprint density at radius 1 is 1.58 bits per heavy atom. The van der Waals surface area contributed by atoms with Crippen LogP contribution in [-0.2, 0) is 13.8 Å². The van der Waals surface area contributed by atoms with E-state index in [4.69, 9.17) is 10.7 Å². The van der Waals surface area contributed by atoms with E-state index in [0.717, 1.165) is 6.42 Å². The molecule has 1 fully saturated rings. The lowest BCUT2D eigenvalue weighted by Crippen LogP contribution is -2.39. The van der Waals surface area contributed by atoms with Gasteiger partial charge < -0.3 is 5.32 Å². The summed E-state index contributed by atoms with van der Waals surface area (Å²) in [5, 5.41) is 2.59. The van der Waals surface area contributed by atoms with Crippen LogP contribution in [0.1, 0.15) is 12.8 Å². The Kier molecular flexibility index (Phi) is 2.95. The minimum atomic E-state index is -3.55. The first kappa shape index (κ1) is 9.80. The third-order valence-electron chi connectivity index (χ3n) is 1.80. The monoisotopic (exact) mass is 211 g/mol. The molecule has 0 radical (unpaired) electrons. The number of amides is 1. The molecule has 0 spiro atoms. The average Bonchev–Trinajstić information content (AvgIpc) is 1.91. The lowest BCUT2D eigenvalue weighted by Gasteiger charge is -2.19. The van der Waals surface area contributed by atoms with Crippen LogP contribution in [-0.4, -0.2) is 26.6 Å². The molecule has 1 aliphatic heterocycles. The SMILES string of the molecule is O=C1NCCCC1CS(=O)(=O)Cl. The molecule has 1 aliphatic rings. The van der Waals surface area contributed by atoms with Crippen LogP contribution >= 0.6 is 10.7 Å². The molecule has 1 heterocycles. The van der Waals surface area contributed by atoms with Crippen LogP contribution in [0.15, 0.2) is 0 Å². The molecule has 6 heteroatoms. The van der Waals surface area contributed by atoms with Gasteiger partial charge in [0.25, 0.3) is 0 Å². The predicted molar refractivity (Wildman–Crippen MR) is 45.4 cm³/mol. The third-order valence-corrected chi connectivity index (χ3v) is 2.98. The van der Waals surface area contributed by atoms with E-state index in [1.807, 2.05) is 0 Å². The number of nitrogens with one attached hydrogen (secondary N) is 1. The quantitative estimate of drug-likeness (QED) is 0.658. The standard InChI is InChI=1S/C6H10ClNO3S/c7-12(10,11)4-5-2-1-3-8-6(5)9/h5H,1-4H2,(H,8,9). The second-order valence-corrected chi connectivity index (χ2v) is 5.66. The zero-order chi connectivity index (χ0) is 9.19. The molecule has 0 aromatic heterocycles. The smallest absolute Gasteiger partial charge is 0.233 e. The molecule has 4 nitrogen and oxygen atoms in total. The molecule has 0 aromatic rings. The van der Waals surface area contributed by atoms with Crippen molar-refractivity contribution >= 4 is 25.6 Å². The summed E-state index contributed by atoms with van der Waals surface area (Å²) < 4.78 is 21.3. The van der Waals surface area contributed by atoms with E-state index in [-0.39, 0.29) is 11.7 Å². The fourth-order valence-corrected chi connectivity index (χ4v) is 2.49. The number of hydrogen-bond acceptors (Lipinski definition) is 3. The van der Waals surface area contributed by atoms with Crippen molar-refractivity contribution in [1.29, 1.82) is 0 Å². The van der Waals surface area contributed by atoms with Gasteiger partial charge in [0.1, 0.15) is 0 Å². The van der Waals surface area contributed by atoms with Crippen LogP contribution in [0.5, 0.6) is 0 Å². The molecular weight excluding hydrogens is 202 g/mol. The molecule has 1 amide bonds. The highest BCUT2D eigenvalue weighted by atomic mass is 35.7. The highest BCUT2D eigenvalue weighted by Crippen LogP contribution is 2.15. The molecule has 0 aliphatic carbocycles. The number of halogens is 1. The maximum Gasteiger partial charge on any atom is 0.233 e. The summed E-state index contributed by atoms with van der Waals surface area (Å²) in [5.74, 6) is -0.910. The topological polar surface area (TPSA) is 63.2 Å². The number of piperidine rings is 1. The molecule has 1 saturated heterocycles. The van der Waals surface area contributed by atoms with Gasteiger partial charge in [-0.1, -0.05) is 0 Å². The van der Waals surface area contributed by atoms with Crippen LogP contribution in [0.4, 0.5) is 0 Å². The minimum absolute atomic E-state index is 0.203. The minimum Gasteiger partial charge on any atom is -0.356 e. The van der Waals surface area contributed by atoms with Crippen LogP contribution in [0, 0.1) is 5.92 Å². The molecule has 1 N–H and O–H groups in total. The Morgan fingerprint density at radius 3 is 2.75 bits per heavy atom. The maximum atomic E-state index is 11.0. The molecule has 0 bridgehead atoms. The second kappa shape index (κ2) is 3.62. The van der Waals surface area contributed by atoms with E-state index in [1.165, 1.54) is 0 Å². The van der Waals surface area contributed by atoms with Crippen LogP contribution in [0.3, 0.4) is 0 Å². The van der Waals surface area contributed by atoms with E-state index in [9.17, 15) is 13.2 Å². The zero-order valence-corrected chi connectivity index (χ0v) is 7.99. The first-order valence-corrected chi connectivity index (χ1v) is 6.17. The first-order valence-electron chi connectivity index (χ1n) is 3.69. The molecule has 12 heavy (non-hydrogen) atoms. The molecular formula is C6H10ClNO3S. The van der Waals surface area contributed by atoms with E-state index < -0.39 is 15.0 Å². The van der Waals surface area contributed by atoms with Crippen molar-refractivity contribution in [2.45, 2.75) is 12.8 Å². The molecule has 1 unspecified atom stereocenters. The zero-order valence-electron chi connectivity index (χ0n) is 6.42. The Morgan fingerprint density at radius 2 is 2.25 bits per heavy atom. The molecule has 0 saturated carbocycles. The molecule has 1 rings (SSSR count). The van der Waals surface area contributed by atoms with E-state index in [1.54, 1.807) is 0 Å². The highest BCUT2D eigenvalue weighted by molar-refractivity contribution is 8.13. The van der Waals surface area contributed by atoms with Crippen molar-refractivity contribution < 1.29 is 13.2 Å². The van der Waals surface area contributed by atoms with Gasteiger partial charge in [-0.05, 0) is 12.8 Å². The number of rotatable bonds is 2. The fraction of sp³-hybridized carbons (Fsp3) is 0.833. The van der Waals surface area contributed by atoms with Gasteiger partial charge in [0, 0.05) is 17.2 Å². The van der Waals surface area contributed by atoms with Crippen LogP contribution in [0.2, 0.25) is 0 Å². The summed E-state index contributed by atoms with van der Waals surface area (Å²) in [6.07, 6.45) is 1.43. The summed E-state index contributed by atoms with van der Waals surface area (Å²) in [6, 6.07) is 0. The highest BCUT2D eigenvalue weighted by Gasteiger charge is 2.26. The Hall–Kier alpha value is -0.290. The van der Waals surface area contributed by atoms with Gasteiger partial charge in [-0.15, -0.1) is 0 Å². The van der Waals surface area contributed by atoms with E-state index in [2.05, 4.69) is 5.32 Å². The number of hydrogen-bond donors (Lipinski definition) is 1. The summed E-state index contributed by atoms with van der Waals surface area (Å²) >= 11 is 0. The Balaban J connectivity index is 2.56. The fourth-order valence-electron chi connectivity index (χ4n) is 1.23. The Bertz CT molecular complexity index is 275. The van der Waals surface area contributed by atoms with Crippen molar-refractivity contribution in [3.05, 3.63) is 0 Å². The van der Waals surface area contributed by atoms with Gasteiger partial charge in [0.15, 0.2) is 0 Å². The summed E-state index contributed by atoms with van der Waals surface area (Å²) in [7, 11) is 1.48. The predicted octanol–water partition coefficient (Wildman–Crippen LogP) is 0.0812. The summed E-state index contributed by atoms with van der Waals surface area (Å²) in [6.45, 7) is 0.637. The Labute approximate surface area is 75.7 Å². The largest absolute Gasteiger partial charge is 0.356 e. The van der Waals surface area contributed by atoms with Crippen molar-refractivity contribution in [2.24, 2.45) is 5.92 Å². The summed E-state index contributed by atoms with van der Waals surface area (Å²) in [5.41, 5.74) is 0. The van der Waals surface area contributed by atoms with Gasteiger partial charge >= 0.3 is 0 Å². The van der Waals surface area contributed by atoms with Crippen molar-refractivity contribution in [2.75, 3.05) is 12.3 Å². The van der Waals surface area contributed by atoms with Crippen molar-refractivity contribution in [3.63, 3.8) is 0 Å². The molecule has 70 valence electrons. The molecule has 1 atom stereocenters. The van der Waals surface area contributed by atoms with Crippen LogP contribution < -0.4 is 5.32 Å². The van der Waals surface area contributed by atoms with Crippen molar-refractivity contribution in [1.82, 2.24) is 5.32 Å². The average molecular weight is 212 g/mol. The van der Waals surface area contributed by atoms with Crippen LogP contribution in [0.25, 0.3) is 0 Å². The van der Waals surface area contributed by atoms with Gasteiger partial charge in [-0.25, -0.2) is 8.42 Å². The van der Waals surface area contributed by atoms with Gasteiger partial charge in [-0.2, -0.15) is 0 Å². The maximum absolute atomic E-state index is 11.0. The van der Waals surface area contributed by atoms with Crippen molar-refractivity contribution in [3.8, 4) is 0 Å². The third kappa shape index (κ3) is 2.98. The number of carbonyl (C=O) groups excluding carboxylic acids is 1. The summed E-state index contributed by atoms with van der Waals surface area (Å²) in [4.78, 5) is 11.0. The second-order valence-electron chi connectivity index (χ2n) is 2.84. The lowest BCUT2D eigenvalue weighted by molar-refractivity contribution is -0.125. The van der Waals surface area contributed by atoms with Gasteiger partial charge in [0.05, 0.1) is 11.7 Å². The molecule has 0 aromatic carbocycles. The first-order chi connectivity index (χ1) is 5.49. The van der Waals surface area contributed by atoms with Gasteiger partial charge in [0.2, 0.25) is 15.0 Å². The lowest BCUT2D eigenvalue weighted by atomic mass is 10.0. The normalized spacial score (nSPS) is 25.1. The van der Waals surface area contributed by atoms with Gasteiger partial charge in [-0.3, -0.25) is 4.79 Å². The van der Waals surface area contributed by atoms with E-state index >= 15 is 0 Å².